The molecular formula is C12H17NO4S2. The van der Waals surface area contributed by atoms with Gasteiger partial charge in [-0.25, -0.2) is 8.42 Å². The molecule has 0 saturated heterocycles. The van der Waals surface area contributed by atoms with Crippen LogP contribution in [0.1, 0.15) is 30.3 Å². The predicted molar refractivity (Wildman–Crippen MR) is 73.7 cm³/mol. The van der Waals surface area contributed by atoms with Crippen LogP contribution in [0, 0.1) is 5.92 Å². The van der Waals surface area contributed by atoms with Crippen molar-refractivity contribution in [2.45, 2.75) is 26.3 Å². The lowest BCUT2D eigenvalue weighted by Crippen LogP contribution is -2.44. The molecule has 1 aliphatic heterocycles. The largest absolute Gasteiger partial charge is 0.480 e. The van der Waals surface area contributed by atoms with E-state index in [-0.39, 0.29) is 18.2 Å². The SMILES string of the molecule is CC(C)CS(=O)(=O)N1CCc2sccc2C1C(=O)O. The highest BCUT2D eigenvalue weighted by molar-refractivity contribution is 7.89. The second-order valence-electron chi connectivity index (χ2n) is 5.07. The van der Waals surface area contributed by atoms with Crippen LogP contribution in [-0.4, -0.2) is 36.1 Å². The van der Waals surface area contributed by atoms with Crippen LogP contribution in [0.4, 0.5) is 0 Å². The maximum atomic E-state index is 12.3. The highest BCUT2D eigenvalue weighted by Crippen LogP contribution is 2.35. The number of carbonyl (C=O) groups is 1. The van der Waals surface area contributed by atoms with Gasteiger partial charge < -0.3 is 5.11 Å². The smallest absolute Gasteiger partial charge is 0.326 e. The summed E-state index contributed by atoms with van der Waals surface area (Å²) in [5.74, 6) is -1.15. The lowest BCUT2D eigenvalue weighted by atomic mass is 10.0. The average Bonchev–Trinajstić information content (AvgIpc) is 2.72. The third-order valence-electron chi connectivity index (χ3n) is 3.06. The molecule has 1 aliphatic rings. The summed E-state index contributed by atoms with van der Waals surface area (Å²) >= 11 is 1.49. The lowest BCUT2D eigenvalue weighted by molar-refractivity contribution is -0.142. The molecule has 0 fully saturated rings. The minimum atomic E-state index is -3.54. The summed E-state index contributed by atoms with van der Waals surface area (Å²) in [7, 11) is -3.54. The molecule has 0 amide bonds. The first-order valence-corrected chi connectivity index (χ1v) is 8.60. The minimum absolute atomic E-state index is 0.0176. The molecule has 1 aromatic heterocycles. The van der Waals surface area contributed by atoms with Gasteiger partial charge in [0.1, 0.15) is 6.04 Å². The monoisotopic (exact) mass is 303 g/mol. The van der Waals surface area contributed by atoms with Gasteiger partial charge in [0.05, 0.1) is 5.75 Å². The molecule has 1 unspecified atom stereocenters. The fourth-order valence-corrected chi connectivity index (χ4v) is 5.20. The topological polar surface area (TPSA) is 74.7 Å². The molecule has 1 atom stereocenters. The molecule has 0 aliphatic carbocycles. The molecule has 0 spiro atoms. The van der Waals surface area contributed by atoms with Crippen molar-refractivity contribution >= 4 is 27.3 Å². The summed E-state index contributed by atoms with van der Waals surface area (Å²) in [6, 6.07) is 0.647. The molecule has 1 N–H and O–H groups in total. The summed E-state index contributed by atoms with van der Waals surface area (Å²) in [5, 5.41) is 11.2. The first-order valence-electron chi connectivity index (χ1n) is 6.11. The van der Waals surface area contributed by atoms with Gasteiger partial charge in [0.2, 0.25) is 10.0 Å². The summed E-state index contributed by atoms with van der Waals surface area (Å²) < 4.78 is 25.8. The summed E-state index contributed by atoms with van der Waals surface area (Å²) in [6.07, 6.45) is 0.591. The van der Waals surface area contributed by atoms with E-state index in [2.05, 4.69) is 0 Å². The van der Waals surface area contributed by atoms with Gasteiger partial charge in [-0.05, 0) is 29.3 Å². The summed E-state index contributed by atoms with van der Waals surface area (Å²) in [5.41, 5.74) is 0.621. The molecular weight excluding hydrogens is 286 g/mol. The van der Waals surface area contributed by atoms with Crippen LogP contribution in [0.25, 0.3) is 0 Å². The van der Waals surface area contributed by atoms with Crippen LogP contribution in [0.2, 0.25) is 0 Å². The number of carboxylic acid groups (broad SMARTS) is 1. The molecule has 0 saturated carbocycles. The van der Waals surface area contributed by atoms with Crippen molar-refractivity contribution in [1.29, 1.82) is 0 Å². The van der Waals surface area contributed by atoms with Crippen LogP contribution >= 0.6 is 11.3 Å². The van der Waals surface area contributed by atoms with E-state index >= 15 is 0 Å². The van der Waals surface area contributed by atoms with Crippen LogP contribution in [0.3, 0.4) is 0 Å². The number of hydrogen-bond donors (Lipinski definition) is 1. The molecule has 7 heteroatoms. The summed E-state index contributed by atoms with van der Waals surface area (Å²) in [4.78, 5) is 12.4. The van der Waals surface area contributed by atoms with Crippen LogP contribution in [-0.2, 0) is 21.2 Å². The molecule has 0 aromatic carbocycles. The molecule has 2 rings (SSSR count). The number of fused-ring (bicyclic) bond motifs is 1. The van der Waals surface area contributed by atoms with E-state index in [1.807, 2.05) is 19.2 Å². The van der Waals surface area contributed by atoms with Crippen molar-refractivity contribution in [2.75, 3.05) is 12.3 Å². The Labute approximate surface area is 116 Å². The van der Waals surface area contributed by atoms with Crippen LogP contribution < -0.4 is 0 Å². The fourth-order valence-electron chi connectivity index (χ4n) is 2.37. The van der Waals surface area contributed by atoms with Gasteiger partial charge in [-0.15, -0.1) is 11.3 Å². The van der Waals surface area contributed by atoms with Crippen molar-refractivity contribution in [2.24, 2.45) is 5.92 Å². The molecule has 5 nitrogen and oxygen atoms in total. The van der Waals surface area contributed by atoms with Gasteiger partial charge in [0.15, 0.2) is 0 Å². The van der Waals surface area contributed by atoms with Crippen LogP contribution in [0.15, 0.2) is 11.4 Å². The van der Waals surface area contributed by atoms with Gasteiger partial charge in [-0.3, -0.25) is 4.79 Å². The normalized spacial score (nSPS) is 20.5. The zero-order chi connectivity index (χ0) is 14.2. The molecule has 1 aromatic rings. The van der Waals surface area contributed by atoms with Gasteiger partial charge in [0, 0.05) is 11.4 Å². The first kappa shape index (κ1) is 14.5. The number of rotatable bonds is 4. The van der Waals surface area contributed by atoms with Gasteiger partial charge in [-0.2, -0.15) is 4.31 Å². The van der Waals surface area contributed by atoms with E-state index in [9.17, 15) is 18.3 Å². The molecule has 19 heavy (non-hydrogen) atoms. The van der Waals surface area contributed by atoms with E-state index in [1.165, 1.54) is 11.3 Å². The second kappa shape index (κ2) is 5.22. The number of carboxylic acids is 1. The second-order valence-corrected chi connectivity index (χ2v) is 8.04. The Bertz CT molecular complexity index is 576. The molecule has 106 valence electrons. The van der Waals surface area contributed by atoms with Crippen molar-refractivity contribution in [3.05, 3.63) is 21.9 Å². The Balaban J connectivity index is 2.40. The number of sulfonamides is 1. The van der Waals surface area contributed by atoms with E-state index in [1.54, 1.807) is 6.07 Å². The Morgan fingerprint density at radius 2 is 2.26 bits per heavy atom. The maximum absolute atomic E-state index is 12.3. The Morgan fingerprint density at radius 1 is 1.58 bits per heavy atom. The fraction of sp³-hybridized carbons (Fsp3) is 0.583. The zero-order valence-electron chi connectivity index (χ0n) is 10.9. The van der Waals surface area contributed by atoms with Crippen molar-refractivity contribution < 1.29 is 18.3 Å². The number of thiophene rings is 1. The lowest BCUT2D eigenvalue weighted by Gasteiger charge is -2.32. The average molecular weight is 303 g/mol. The maximum Gasteiger partial charge on any atom is 0.326 e. The van der Waals surface area contributed by atoms with E-state index in [0.29, 0.717) is 12.0 Å². The van der Waals surface area contributed by atoms with Gasteiger partial charge >= 0.3 is 5.97 Å². The van der Waals surface area contributed by atoms with Crippen molar-refractivity contribution in [3.8, 4) is 0 Å². The standard InChI is InChI=1S/C12H17NO4S2/c1-8(2)7-19(16,17)13-5-3-10-9(4-6-18-10)11(13)12(14)15/h4,6,8,11H,3,5,7H2,1-2H3,(H,14,15). The highest BCUT2D eigenvalue weighted by atomic mass is 32.2. The van der Waals surface area contributed by atoms with Crippen molar-refractivity contribution in [3.63, 3.8) is 0 Å². The zero-order valence-corrected chi connectivity index (χ0v) is 12.5. The quantitative estimate of drug-likeness (QED) is 0.919. The molecule has 2 heterocycles. The molecule has 0 radical (unpaired) electrons. The predicted octanol–water partition coefficient (Wildman–Crippen LogP) is 1.72. The van der Waals surface area contributed by atoms with Crippen LogP contribution in [0.5, 0.6) is 0 Å². The van der Waals surface area contributed by atoms with E-state index < -0.39 is 22.0 Å². The highest BCUT2D eigenvalue weighted by Gasteiger charge is 2.40. The van der Waals surface area contributed by atoms with E-state index in [0.717, 1.165) is 9.18 Å². The Hall–Kier alpha value is -0.920. The van der Waals surface area contributed by atoms with E-state index in [4.69, 9.17) is 0 Å². The van der Waals surface area contributed by atoms with Crippen molar-refractivity contribution in [1.82, 2.24) is 4.31 Å². The third kappa shape index (κ3) is 2.82. The third-order valence-corrected chi connectivity index (χ3v) is 6.25. The summed E-state index contributed by atoms with van der Waals surface area (Å²) in [6.45, 7) is 3.88. The Morgan fingerprint density at radius 3 is 2.84 bits per heavy atom. The number of aliphatic carboxylic acids is 1. The number of nitrogens with zero attached hydrogens (tertiary/aromatic N) is 1. The van der Waals surface area contributed by atoms with Gasteiger partial charge in [0.25, 0.3) is 0 Å². The minimum Gasteiger partial charge on any atom is -0.480 e. The molecule has 0 bridgehead atoms. The first-order chi connectivity index (χ1) is 8.83. The van der Waals surface area contributed by atoms with Gasteiger partial charge in [-0.1, -0.05) is 13.8 Å². The Kier molecular flexibility index (Phi) is 3.98. The number of hydrogen-bond acceptors (Lipinski definition) is 4.